The number of fused-ring (bicyclic) bond motifs is 1. The molecule has 0 spiro atoms. The third-order valence-corrected chi connectivity index (χ3v) is 3.20. The molecule has 1 fully saturated rings. The summed E-state index contributed by atoms with van der Waals surface area (Å²) in [5.41, 5.74) is 0.788. The molecule has 1 aliphatic heterocycles. The van der Waals surface area contributed by atoms with E-state index in [2.05, 4.69) is 32.0 Å². The Morgan fingerprint density at radius 2 is 2.47 bits per heavy atom. The molecule has 0 amide bonds. The molecule has 0 saturated carbocycles. The normalized spacial score (nSPS) is 21.0. The number of hydrogen-bond donors (Lipinski definition) is 1. The molecule has 1 unspecified atom stereocenters. The molecule has 0 radical (unpaired) electrons. The smallest absolute Gasteiger partial charge is 0.160 e. The molecule has 3 rings (SSSR count). The highest BCUT2D eigenvalue weighted by Crippen LogP contribution is 2.25. The average molecular weight is 233 g/mol. The van der Waals surface area contributed by atoms with Gasteiger partial charge in [-0.1, -0.05) is 6.92 Å². The van der Waals surface area contributed by atoms with E-state index in [1.54, 1.807) is 12.5 Å². The Labute approximate surface area is 99.0 Å². The van der Waals surface area contributed by atoms with Gasteiger partial charge in [0.1, 0.15) is 12.1 Å². The van der Waals surface area contributed by atoms with Gasteiger partial charge in [0, 0.05) is 6.54 Å². The molecule has 1 atom stereocenters. The standard InChI is InChI=1S/C11H15N5O/c1-2-8-6-17-4-3-16(8)11-9-5-14-15-10(9)12-7-13-11/h5,7-8H,2-4,6H2,1H3,(H,12,13,14,15). The second kappa shape index (κ2) is 4.29. The Morgan fingerprint density at radius 3 is 3.35 bits per heavy atom. The van der Waals surface area contributed by atoms with Crippen LogP contribution in [-0.4, -0.2) is 46.0 Å². The van der Waals surface area contributed by atoms with Crippen molar-refractivity contribution in [2.45, 2.75) is 19.4 Å². The van der Waals surface area contributed by atoms with Gasteiger partial charge < -0.3 is 9.64 Å². The summed E-state index contributed by atoms with van der Waals surface area (Å²) in [5.74, 6) is 0.957. The summed E-state index contributed by atoms with van der Waals surface area (Å²) in [6.45, 7) is 4.55. The number of H-pyrrole nitrogens is 1. The van der Waals surface area contributed by atoms with Crippen molar-refractivity contribution in [1.29, 1.82) is 0 Å². The van der Waals surface area contributed by atoms with Crippen LogP contribution in [0.3, 0.4) is 0 Å². The van der Waals surface area contributed by atoms with Crippen LogP contribution in [0.5, 0.6) is 0 Å². The van der Waals surface area contributed by atoms with E-state index in [0.717, 1.165) is 43.0 Å². The van der Waals surface area contributed by atoms with Crippen molar-refractivity contribution >= 4 is 16.9 Å². The molecule has 0 aliphatic carbocycles. The number of aromatic amines is 1. The lowest BCUT2D eigenvalue weighted by Gasteiger charge is -2.36. The molecule has 1 N–H and O–H groups in total. The molecule has 3 heterocycles. The van der Waals surface area contributed by atoms with Crippen molar-refractivity contribution in [2.24, 2.45) is 0 Å². The summed E-state index contributed by atoms with van der Waals surface area (Å²) in [5, 5.41) is 7.87. The summed E-state index contributed by atoms with van der Waals surface area (Å²) in [6, 6.07) is 0.386. The van der Waals surface area contributed by atoms with Crippen molar-refractivity contribution in [2.75, 3.05) is 24.7 Å². The largest absolute Gasteiger partial charge is 0.377 e. The molecule has 6 heteroatoms. The monoisotopic (exact) mass is 233 g/mol. The second-order valence-electron chi connectivity index (χ2n) is 4.16. The van der Waals surface area contributed by atoms with E-state index in [1.807, 2.05) is 0 Å². The highest BCUT2D eigenvalue weighted by atomic mass is 16.5. The summed E-state index contributed by atoms with van der Waals surface area (Å²) in [4.78, 5) is 10.9. The fourth-order valence-corrected chi connectivity index (χ4v) is 2.25. The number of nitrogens with one attached hydrogen (secondary N) is 1. The van der Waals surface area contributed by atoms with Gasteiger partial charge in [-0.2, -0.15) is 5.10 Å². The zero-order chi connectivity index (χ0) is 11.7. The molecule has 6 nitrogen and oxygen atoms in total. The fraction of sp³-hybridized carbons (Fsp3) is 0.545. The number of rotatable bonds is 2. The van der Waals surface area contributed by atoms with Crippen LogP contribution < -0.4 is 4.90 Å². The highest BCUT2D eigenvalue weighted by Gasteiger charge is 2.24. The molecular weight excluding hydrogens is 218 g/mol. The molecule has 2 aromatic rings. The molecule has 0 bridgehead atoms. The zero-order valence-corrected chi connectivity index (χ0v) is 9.76. The maximum absolute atomic E-state index is 5.51. The van der Waals surface area contributed by atoms with Crippen LogP contribution in [0.15, 0.2) is 12.5 Å². The van der Waals surface area contributed by atoms with Gasteiger partial charge in [0.15, 0.2) is 5.65 Å². The number of anilines is 1. The third-order valence-electron chi connectivity index (χ3n) is 3.20. The van der Waals surface area contributed by atoms with E-state index in [0.29, 0.717) is 6.04 Å². The predicted octanol–water partition coefficient (Wildman–Crippen LogP) is 0.968. The minimum atomic E-state index is 0.386. The van der Waals surface area contributed by atoms with Crippen LogP contribution in [0.1, 0.15) is 13.3 Å². The second-order valence-corrected chi connectivity index (χ2v) is 4.16. The van der Waals surface area contributed by atoms with Crippen LogP contribution in [0.4, 0.5) is 5.82 Å². The van der Waals surface area contributed by atoms with Gasteiger partial charge >= 0.3 is 0 Å². The Bertz CT molecular complexity index is 511. The van der Waals surface area contributed by atoms with Crippen molar-refractivity contribution in [3.05, 3.63) is 12.5 Å². The highest BCUT2D eigenvalue weighted by molar-refractivity contribution is 5.86. The lowest BCUT2D eigenvalue weighted by molar-refractivity contribution is 0.0927. The maximum atomic E-state index is 5.51. The Balaban J connectivity index is 2.04. The minimum absolute atomic E-state index is 0.386. The average Bonchev–Trinajstić information content (AvgIpc) is 2.86. The van der Waals surface area contributed by atoms with Crippen molar-refractivity contribution in [3.8, 4) is 0 Å². The lowest BCUT2D eigenvalue weighted by atomic mass is 10.1. The van der Waals surface area contributed by atoms with Gasteiger partial charge in [0.05, 0.1) is 30.8 Å². The molecule has 1 aliphatic rings. The first-order valence-electron chi connectivity index (χ1n) is 5.88. The molecule has 1 saturated heterocycles. The van der Waals surface area contributed by atoms with E-state index in [1.165, 1.54) is 0 Å². The van der Waals surface area contributed by atoms with E-state index < -0.39 is 0 Å². The van der Waals surface area contributed by atoms with Gasteiger partial charge in [-0.25, -0.2) is 9.97 Å². The number of hydrogen-bond acceptors (Lipinski definition) is 5. The van der Waals surface area contributed by atoms with Gasteiger partial charge in [-0.3, -0.25) is 5.10 Å². The van der Waals surface area contributed by atoms with Crippen LogP contribution in [0, 0.1) is 0 Å². The summed E-state index contributed by atoms with van der Waals surface area (Å²) in [6.07, 6.45) is 4.41. The number of aromatic nitrogens is 4. The first kappa shape index (κ1) is 10.5. The molecule has 0 aromatic carbocycles. The summed E-state index contributed by atoms with van der Waals surface area (Å²) >= 11 is 0. The number of nitrogens with zero attached hydrogens (tertiary/aromatic N) is 4. The summed E-state index contributed by atoms with van der Waals surface area (Å²) in [7, 11) is 0. The van der Waals surface area contributed by atoms with E-state index >= 15 is 0 Å². The number of morpholine rings is 1. The van der Waals surface area contributed by atoms with Crippen LogP contribution >= 0.6 is 0 Å². The molecule has 90 valence electrons. The SMILES string of the molecule is CCC1COCCN1c1ncnc2[nH]ncc12. The Hall–Kier alpha value is -1.69. The predicted molar refractivity (Wildman–Crippen MR) is 63.9 cm³/mol. The van der Waals surface area contributed by atoms with Gasteiger partial charge in [0.2, 0.25) is 0 Å². The maximum Gasteiger partial charge on any atom is 0.160 e. The van der Waals surface area contributed by atoms with Crippen molar-refractivity contribution < 1.29 is 4.74 Å². The lowest BCUT2D eigenvalue weighted by Crippen LogP contribution is -2.45. The molecular formula is C11H15N5O. The quantitative estimate of drug-likeness (QED) is 0.837. The topological polar surface area (TPSA) is 66.9 Å². The van der Waals surface area contributed by atoms with Gasteiger partial charge in [0.25, 0.3) is 0 Å². The first-order valence-corrected chi connectivity index (χ1v) is 5.88. The van der Waals surface area contributed by atoms with E-state index in [-0.39, 0.29) is 0 Å². The Morgan fingerprint density at radius 1 is 1.53 bits per heavy atom. The Kier molecular flexibility index (Phi) is 2.64. The van der Waals surface area contributed by atoms with E-state index in [9.17, 15) is 0 Å². The summed E-state index contributed by atoms with van der Waals surface area (Å²) < 4.78 is 5.51. The first-order chi connectivity index (χ1) is 8.40. The minimum Gasteiger partial charge on any atom is -0.377 e. The van der Waals surface area contributed by atoms with Crippen LogP contribution in [0.25, 0.3) is 11.0 Å². The fourth-order valence-electron chi connectivity index (χ4n) is 2.25. The molecule has 2 aromatic heterocycles. The van der Waals surface area contributed by atoms with Crippen molar-refractivity contribution in [1.82, 2.24) is 20.2 Å². The van der Waals surface area contributed by atoms with Crippen molar-refractivity contribution in [3.63, 3.8) is 0 Å². The van der Waals surface area contributed by atoms with Gasteiger partial charge in [-0.05, 0) is 6.42 Å². The zero-order valence-electron chi connectivity index (χ0n) is 9.76. The molecule has 17 heavy (non-hydrogen) atoms. The third kappa shape index (κ3) is 1.74. The van der Waals surface area contributed by atoms with Crippen LogP contribution in [-0.2, 0) is 4.74 Å². The van der Waals surface area contributed by atoms with Crippen LogP contribution in [0.2, 0.25) is 0 Å². The number of ether oxygens (including phenoxy) is 1. The van der Waals surface area contributed by atoms with E-state index in [4.69, 9.17) is 4.74 Å². The van der Waals surface area contributed by atoms with Gasteiger partial charge in [-0.15, -0.1) is 0 Å².